The zero-order valence-corrected chi connectivity index (χ0v) is 12.7. The van der Waals surface area contributed by atoms with Crippen molar-refractivity contribution in [1.29, 1.82) is 0 Å². The lowest BCUT2D eigenvalue weighted by molar-refractivity contribution is -0.125. The molecule has 2 N–H and O–H groups in total. The molecule has 2 unspecified atom stereocenters. The second kappa shape index (κ2) is 7.17. The average Bonchev–Trinajstić information content (AvgIpc) is 3.28. The van der Waals surface area contributed by atoms with Crippen LogP contribution in [0.5, 0.6) is 0 Å². The van der Waals surface area contributed by atoms with Crippen molar-refractivity contribution in [2.75, 3.05) is 25.6 Å². The second-order valence-corrected chi connectivity index (χ2v) is 5.36. The van der Waals surface area contributed by atoms with Crippen molar-refractivity contribution in [1.82, 2.24) is 5.32 Å². The Labute approximate surface area is 129 Å². The van der Waals surface area contributed by atoms with Crippen molar-refractivity contribution in [2.45, 2.75) is 13.3 Å². The molecule has 0 bridgehead atoms. The van der Waals surface area contributed by atoms with Gasteiger partial charge in [0.1, 0.15) is 0 Å². The molecule has 1 saturated carbocycles. The third-order valence-corrected chi connectivity index (χ3v) is 3.63. The van der Waals surface area contributed by atoms with Gasteiger partial charge in [-0.1, -0.05) is 0 Å². The molecule has 1 fully saturated rings. The molecule has 0 heterocycles. The zero-order valence-electron chi connectivity index (χ0n) is 12.7. The number of nitrogens with one attached hydrogen (secondary N) is 2. The summed E-state index contributed by atoms with van der Waals surface area (Å²) in [5.41, 5.74) is 1.22. The van der Waals surface area contributed by atoms with Crippen LogP contribution in [-0.4, -0.2) is 37.9 Å². The number of ketones is 1. The van der Waals surface area contributed by atoms with Gasteiger partial charge in [-0.05, 0) is 37.6 Å². The van der Waals surface area contributed by atoms with E-state index < -0.39 is 0 Å². The summed E-state index contributed by atoms with van der Waals surface area (Å²) in [4.78, 5) is 35.0. The number of amides is 2. The Morgan fingerprint density at radius 3 is 2.36 bits per heavy atom. The van der Waals surface area contributed by atoms with Crippen molar-refractivity contribution >= 4 is 23.3 Å². The molecular formula is C16H20N2O4. The van der Waals surface area contributed by atoms with Crippen LogP contribution in [0.25, 0.3) is 0 Å². The predicted octanol–water partition coefficient (Wildman–Crippen LogP) is 1.23. The van der Waals surface area contributed by atoms with Gasteiger partial charge in [0.2, 0.25) is 11.8 Å². The molecule has 0 aliphatic heterocycles. The van der Waals surface area contributed by atoms with Gasteiger partial charge in [0, 0.05) is 24.9 Å². The van der Waals surface area contributed by atoms with E-state index in [-0.39, 0.29) is 29.4 Å². The van der Waals surface area contributed by atoms with Crippen molar-refractivity contribution in [3.63, 3.8) is 0 Å². The summed E-state index contributed by atoms with van der Waals surface area (Å²) in [5, 5.41) is 5.50. The molecule has 0 aromatic heterocycles. The van der Waals surface area contributed by atoms with Crippen molar-refractivity contribution in [3.8, 4) is 0 Å². The van der Waals surface area contributed by atoms with E-state index in [4.69, 9.17) is 4.74 Å². The Balaban J connectivity index is 1.81. The molecular weight excluding hydrogens is 284 g/mol. The van der Waals surface area contributed by atoms with E-state index in [1.807, 2.05) is 0 Å². The first-order chi connectivity index (χ1) is 10.5. The molecule has 0 saturated heterocycles. The summed E-state index contributed by atoms with van der Waals surface area (Å²) in [6.45, 7) is 2.40. The lowest BCUT2D eigenvalue weighted by Gasteiger charge is -2.06. The fourth-order valence-electron chi connectivity index (χ4n) is 2.21. The van der Waals surface area contributed by atoms with Gasteiger partial charge in [-0.25, -0.2) is 0 Å². The lowest BCUT2D eigenvalue weighted by Crippen LogP contribution is -2.30. The van der Waals surface area contributed by atoms with E-state index in [1.165, 1.54) is 6.92 Å². The molecule has 2 atom stereocenters. The maximum absolute atomic E-state index is 12.1. The summed E-state index contributed by atoms with van der Waals surface area (Å²) in [5.74, 6) is -0.831. The lowest BCUT2D eigenvalue weighted by atomic mass is 10.1. The number of anilines is 1. The number of methoxy groups -OCH3 is 1. The molecule has 2 amide bonds. The van der Waals surface area contributed by atoms with Gasteiger partial charge in [0.15, 0.2) is 5.78 Å². The van der Waals surface area contributed by atoms with Crippen LogP contribution in [0.4, 0.5) is 5.69 Å². The molecule has 1 aromatic rings. The van der Waals surface area contributed by atoms with Crippen LogP contribution in [0, 0.1) is 11.8 Å². The largest absolute Gasteiger partial charge is 0.383 e. The highest BCUT2D eigenvalue weighted by Crippen LogP contribution is 2.39. The summed E-state index contributed by atoms with van der Waals surface area (Å²) in [6, 6.07) is 6.70. The van der Waals surface area contributed by atoms with E-state index in [9.17, 15) is 14.4 Å². The minimum absolute atomic E-state index is 0.0205. The molecule has 118 valence electrons. The number of Topliss-reactive ketones (excluding diaryl/α,β-unsaturated/α-hetero) is 1. The number of hydrogen-bond donors (Lipinski definition) is 2. The van der Waals surface area contributed by atoms with Gasteiger partial charge in [-0.15, -0.1) is 0 Å². The summed E-state index contributed by atoms with van der Waals surface area (Å²) >= 11 is 0. The molecule has 0 radical (unpaired) electrons. The van der Waals surface area contributed by atoms with Gasteiger partial charge < -0.3 is 15.4 Å². The van der Waals surface area contributed by atoms with Crippen molar-refractivity contribution in [2.24, 2.45) is 11.8 Å². The zero-order chi connectivity index (χ0) is 16.1. The average molecular weight is 304 g/mol. The molecule has 22 heavy (non-hydrogen) atoms. The van der Waals surface area contributed by atoms with E-state index in [0.717, 1.165) is 0 Å². The van der Waals surface area contributed by atoms with Gasteiger partial charge in [0.25, 0.3) is 0 Å². The Bertz CT molecular complexity index is 568. The van der Waals surface area contributed by atoms with Crippen LogP contribution in [0.2, 0.25) is 0 Å². The Morgan fingerprint density at radius 2 is 1.77 bits per heavy atom. The fraction of sp³-hybridized carbons (Fsp3) is 0.438. The van der Waals surface area contributed by atoms with Crippen LogP contribution in [0.3, 0.4) is 0 Å². The highest BCUT2D eigenvalue weighted by molar-refractivity contribution is 6.00. The Kier molecular flexibility index (Phi) is 5.27. The monoisotopic (exact) mass is 304 g/mol. The molecule has 2 rings (SSSR count). The number of hydrogen-bond acceptors (Lipinski definition) is 4. The number of rotatable bonds is 7. The standard InChI is InChI=1S/C16H20N2O4/c1-10(19)11-3-5-12(6-4-11)18-16(21)14-9-13(14)15(20)17-7-8-22-2/h3-6,13-14H,7-9H2,1-2H3,(H,17,20)(H,18,21). The van der Waals surface area contributed by atoms with E-state index in [1.54, 1.807) is 31.4 Å². The second-order valence-electron chi connectivity index (χ2n) is 5.36. The first kappa shape index (κ1) is 16.2. The molecule has 6 heteroatoms. The van der Waals surface area contributed by atoms with E-state index in [2.05, 4.69) is 10.6 Å². The van der Waals surface area contributed by atoms with Crippen molar-refractivity contribution in [3.05, 3.63) is 29.8 Å². The van der Waals surface area contributed by atoms with Gasteiger partial charge in [0.05, 0.1) is 18.4 Å². The Morgan fingerprint density at radius 1 is 1.14 bits per heavy atom. The predicted molar refractivity (Wildman–Crippen MR) is 81.6 cm³/mol. The van der Waals surface area contributed by atoms with Gasteiger partial charge in [-0.3, -0.25) is 14.4 Å². The first-order valence-corrected chi connectivity index (χ1v) is 7.21. The number of carbonyl (C=O) groups excluding carboxylic acids is 3. The highest BCUT2D eigenvalue weighted by atomic mass is 16.5. The van der Waals surface area contributed by atoms with Crippen LogP contribution >= 0.6 is 0 Å². The SMILES string of the molecule is COCCNC(=O)C1CC1C(=O)Nc1ccc(C(C)=O)cc1. The van der Waals surface area contributed by atoms with Crippen LogP contribution < -0.4 is 10.6 Å². The molecule has 1 aliphatic carbocycles. The first-order valence-electron chi connectivity index (χ1n) is 7.21. The molecule has 6 nitrogen and oxygen atoms in total. The number of carbonyl (C=O) groups is 3. The quantitative estimate of drug-likeness (QED) is 0.586. The number of ether oxygens (including phenoxy) is 1. The minimum Gasteiger partial charge on any atom is -0.383 e. The van der Waals surface area contributed by atoms with Crippen LogP contribution in [0.15, 0.2) is 24.3 Å². The maximum atomic E-state index is 12.1. The fourth-order valence-corrected chi connectivity index (χ4v) is 2.21. The highest BCUT2D eigenvalue weighted by Gasteiger charge is 2.47. The third-order valence-electron chi connectivity index (χ3n) is 3.63. The Hall–Kier alpha value is -2.21. The van der Waals surface area contributed by atoms with E-state index in [0.29, 0.717) is 30.8 Å². The smallest absolute Gasteiger partial charge is 0.228 e. The molecule has 1 aromatic carbocycles. The maximum Gasteiger partial charge on any atom is 0.228 e. The third kappa shape index (κ3) is 4.14. The normalized spacial score (nSPS) is 19.4. The van der Waals surface area contributed by atoms with Crippen LogP contribution in [-0.2, 0) is 14.3 Å². The van der Waals surface area contributed by atoms with E-state index >= 15 is 0 Å². The minimum atomic E-state index is -0.282. The summed E-state index contributed by atoms with van der Waals surface area (Å²) in [6.07, 6.45) is 0.566. The number of benzene rings is 1. The molecule has 1 aliphatic rings. The summed E-state index contributed by atoms with van der Waals surface area (Å²) < 4.78 is 4.85. The van der Waals surface area contributed by atoms with Crippen molar-refractivity contribution < 1.29 is 19.1 Å². The van der Waals surface area contributed by atoms with Gasteiger partial charge in [-0.2, -0.15) is 0 Å². The van der Waals surface area contributed by atoms with Crippen LogP contribution in [0.1, 0.15) is 23.7 Å². The topological polar surface area (TPSA) is 84.5 Å². The van der Waals surface area contributed by atoms with Gasteiger partial charge >= 0.3 is 0 Å². The summed E-state index contributed by atoms with van der Waals surface area (Å²) in [7, 11) is 1.57. The molecule has 0 spiro atoms.